The first-order valence-corrected chi connectivity index (χ1v) is 6.68. The number of hydrogen-bond acceptors (Lipinski definition) is 5. The number of nitrogens with one attached hydrogen (secondary N) is 1. The minimum atomic E-state index is -0.330. The molecule has 0 radical (unpaired) electrons. The second-order valence-electron chi connectivity index (χ2n) is 3.32. The van der Waals surface area contributed by atoms with Crippen molar-refractivity contribution in [3.05, 3.63) is 41.1 Å². The van der Waals surface area contributed by atoms with Crippen LogP contribution in [0.2, 0.25) is 5.15 Å². The average molecular weight is 284 g/mol. The van der Waals surface area contributed by atoms with Gasteiger partial charge in [0.1, 0.15) is 10.9 Å². The van der Waals surface area contributed by atoms with Crippen LogP contribution < -0.4 is 5.32 Å². The number of rotatable bonds is 4. The van der Waals surface area contributed by atoms with Crippen molar-refractivity contribution < 1.29 is 9.21 Å². The van der Waals surface area contributed by atoms with Gasteiger partial charge in [0.15, 0.2) is 5.16 Å². The molecule has 0 saturated carbocycles. The number of amides is 1. The lowest BCUT2D eigenvalue weighted by atomic mass is 10.3. The predicted molar refractivity (Wildman–Crippen MR) is 68.7 cm³/mol. The lowest BCUT2D eigenvalue weighted by Crippen LogP contribution is -2.23. The van der Waals surface area contributed by atoms with E-state index in [1.807, 2.05) is 6.26 Å². The summed E-state index contributed by atoms with van der Waals surface area (Å²) in [6.45, 7) is 0.298. The van der Waals surface area contributed by atoms with E-state index in [9.17, 15) is 4.79 Å². The van der Waals surface area contributed by atoms with Gasteiger partial charge in [-0.05, 0) is 18.4 Å². The molecule has 5 nitrogen and oxygen atoms in total. The molecule has 0 atom stereocenters. The summed E-state index contributed by atoms with van der Waals surface area (Å²) in [4.78, 5) is 19.8. The van der Waals surface area contributed by atoms with E-state index in [2.05, 4.69) is 15.3 Å². The summed E-state index contributed by atoms with van der Waals surface area (Å²) in [5.41, 5.74) is 0.251. The summed E-state index contributed by atoms with van der Waals surface area (Å²) in [5.74, 6) is 0.338. The molecule has 0 unspecified atom stereocenters. The minimum absolute atomic E-state index is 0.145. The molecule has 0 fully saturated rings. The molecule has 0 spiro atoms. The highest BCUT2D eigenvalue weighted by molar-refractivity contribution is 7.98. The van der Waals surface area contributed by atoms with E-state index in [0.29, 0.717) is 17.5 Å². The summed E-state index contributed by atoms with van der Waals surface area (Å²) in [6, 6.07) is 3.53. The highest BCUT2D eigenvalue weighted by Crippen LogP contribution is 2.16. The van der Waals surface area contributed by atoms with Gasteiger partial charge >= 0.3 is 0 Å². The van der Waals surface area contributed by atoms with Gasteiger partial charge in [-0.25, -0.2) is 9.97 Å². The lowest BCUT2D eigenvalue weighted by molar-refractivity contribution is 0.0947. The number of halogens is 1. The van der Waals surface area contributed by atoms with Gasteiger partial charge < -0.3 is 9.73 Å². The van der Waals surface area contributed by atoms with Crippen LogP contribution in [0.1, 0.15) is 16.1 Å². The van der Waals surface area contributed by atoms with Crippen molar-refractivity contribution in [2.75, 3.05) is 6.26 Å². The van der Waals surface area contributed by atoms with Crippen LogP contribution in [-0.2, 0) is 6.54 Å². The fourth-order valence-corrected chi connectivity index (χ4v) is 1.88. The third kappa shape index (κ3) is 3.02. The van der Waals surface area contributed by atoms with E-state index in [1.54, 1.807) is 18.4 Å². The molecule has 0 saturated heterocycles. The number of thioether (sulfide) groups is 1. The summed E-state index contributed by atoms with van der Waals surface area (Å²) >= 11 is 7.28. The van der Waals surface area contributed by atoms with Crippen molar-refractivity contribution in [2.24, 2.45) is 0 Å². The maximum atomic E-state index is 11.8. The lowest BCUT2D eigenvalue weighted by Gasteiger charge is -2.05. The number of carbonyl (C=O) groups is 1. The van der Waals surface area contributed by atoms with Crippen molar-refractivity contribution >= 4 is 29.3 Å². The smallest absolute Gasteiger partial charge is 0.256 e. The number of hydrogen-bond donors (Lipinski definition) is 1. The van der Waals surface area contributed by atoms with E-state index in [0.717, 1.165) is 0 Å². The zero-order chi connectivity index (χ0) is 13.0. The Morgan fingerprint density at radius 2 is 2.44 bits per heavy atom. The zero-order valence-electron chi connectivity index (χ0n) is 9.51. The second kappa shape index (κ2) is 5.88. The van der Waals surface area contributed by atoms with E-state index in [-0.39, 0.29) is 16.6 Å². The molecule has 1 amide bonds. The standard InChI is InChI=1S/C11H10ClN3O2S/c1-18-11-14-6-8(9(12)15-11)10(16)13-5-7-3-2-4-17-7/h2-4,6H,5H2,1H3,(H,13,16). The first-order chi connectivity index (χ1) is 8.70. The van der Waals surface area contributed by atoms with Crippen molar-refractivity contribution in [2.45, 2.75) is 11.7 Å². The van der Waals surface area contributed by atoms with Crippen LogP contribution in [0, 0.1) is 0 Å². The SMILES string of the molecule is CSc1ncc(C(=O)NCc2ccco2)c(Cl)n1. The van der Waals surface area contributed by atoms with Crippen LogP contribution in [0.3, 0.4) is 0 Å². The van der Waals surface area contributed by atoms with Gasteiger partial charge in [-0.3, -0.25) is 4.79 Å². The third-order valence-corrected chi connectivity index (χ3v) is 3.00. The first-order valence-electron chi connectivity index (χ1n) is 5.08. The molecular weight excluding hydrogens is 274 g/mol. The van der Waals surface area contributed by atoms with Gasteiger partial charge in [0.2, 0.25) is 0 Å². The molecule has 7 heteroatoms. The molecule has 2 aromatic heterocycles. The van der Waals surface area contributed by atoms with Crippen molar-refractivity contribution in [3.63, 3.8) is 0 Å². The van der Waals surface area contributed by atoms with E-state index >= 15 is 0 Å². The molecule has 2 aromatic rings. The van der Waals surface area contributed by atoms with Crippen LogP contribution in [-0.4, -0.2) is 22.1 Å². The summed E-state index contributed by atoms with van der Waals surface area (Å²) < 4.78 is 5.10. The molecule has 2 heterocycles. The van der Waals surface area contributed by atoms with Crippen LogP contribution in [0.5, 0.6) is 0 Å². The van der Waals surface area contributed by atoms with Gasteiger partial charge in [-0.1, -0.05) is 23.4 Å². The highest BCUT2D eigenvalue weighted by atomic mass is 35.5. The van der Waals surface area contributed by atoms with Gasteiger partial charge in [0.25, 0.3) is 5.91 Å². The Labute approximate surface area is 113 Å². The normalized spacial score (nSPS) is 10.3. The highest BCUT2D eigenvalue weighted by Gasteiger charge is 2.13. The molecular formula is C11H10ClN3O2S. The Morgan fingerprint density at radius 3 is 3.06 bits per heavy atom. The average Bonchev–Trinajstić information content (AvgIpc) is 2.88. The van der Waals surface area contributed by atoms with Crippen LogP contribution >= 0.6 is 23.4 Å². The molecule has 0 aliphatic heterocycles. The number of carbonyl (C=O) groups excluding carboxylic acids is 1. The maximum Gasteiger partial charge on any atom is 0.256 e. The van der Waals surface area contributed by atoms with Gasteiger partial charge in [0, 0.05) is 6.20 Å². The Bertz CT molecular complexity index is 545. The topological polar surface area (TPSA) is 68.0 Å². The van der Waals surface area contributed by atoms with Crippen molar-refractivity contribution in [1.82, 2.24) is 15.3 Å². The van der Waals surface area contributed by atoms with Crippen LogP contribution in [0.25, 0.3) is 0 Å². The van der Waals surface area contributed by atoms with Crippen molar-refractivity contribution in [1.29, 1.82) is 0 Å². The van der Waals surface area contributed by atoms with Gasteiger partial charge in [0.05, 0.1) is 18.4 Å². The molecule has 0 aromatic carbocycles. The minimum Gasteiger partial charge on any atom is -0.467 e. The van der Waals surface area contributed by atoms with Crippen LogP contribution in [0.15, 0.2) is 34.2 Å². The summed E-state index contributed by atoms with van der Waals surface area (Å²) in [5, 5.41) is 3.35. The number of nitrogens with zero attached hydrogens (tertiary/aromatic N) is 2. The number of furan rings is 1. The fraction of sp³-hybridized carbons (Fsp3) is 0.182. The summed E-state index contributed by atoms with van der Waals surface area (Å²) in [7, 11) is 0. The molecule has 0 aliphatic rings. The third-order valence-electron chi connectivity index (χ3n) is 2.15. The van der Waals surface area contributed by atoms with Gasteiger partial charge in [-0.15, -0.1) is 0 Å². The Balaban J connectivity index is 2.04. The predicted octanol–water partition coefficient (Wildman–Crippen LogP) is 2.37. The maximum absolute atomic E-state index is 11.8. The molecule has 18 heavy (non-hydrogen) atoms. The Kier molecular flexibility index (Phi) is 4.22. The van der Waals surface area contributed by atoms with E-state index < -0.39 is 0 Å². The Hall–Kier alpha value is -1.53. The fourth-order valence-electron chi connectivity index (χ4n) is 1.27. The molecule has 0 aliphatic carbocycles. The second-order valence-corrected chi connectivity index (χ2v) is 4.45. The molecule has 0 bridgehead atoms. The Morgan fingerprint density at radius 1 is 1.61 bits per heavy atom. The zero-order valence-corrected chi connectivity index (χ0v) is 11.1. The number of aromatic nitrogens is 2. The first kappa shape index (κ1) is 12.9. The summed E-state index contributed by atoms with van der Waals surface area (Å²) in [6.07, 6.45) is 4.80. The molecule has 94 valence electrons. The van der Waals surface area contributed by atoms with E-state index in [4.69, 9.17) is 16.0 Å². The van der Waals surface area contributed by atoms with E-state index in [1.165, 1.54) is 18.0 Å². The largest absolute Gasteiger partial charge is 0.467 e. The quantitative estimate of drug-likeness (QED) is 0.530. The van der Waals surface area contributed by atoms with Crippen LogP contribution in [0.4, 0.5) is 0 Å². The molecule has 1 N–H and O–H groups in total. The molecule has 2 rings (SSSR count). The van der Waals surface area contributed by atoms with Gasteiger partial charge in [-0.2, -0.15) is 0 Å². The van der Waals surface area contributed by atoms with Crippen molar-refractivity contribution in [3.8, 4) is 0 Å². The monoisotopic (exact) mass is 283 g/mol.